The Morgan fingerprint density at radius 1 is 1.12 bits per heavy atom. The van der Waals surface area contributed by atoms with Gasteiger partial charge in [-0.15, -0.1) is 0 Å². The molecule has 13 heteroatoms. The van der Waals surface area contributed by atoms with Crippen molar-refractivity contribution in [2.45, 2.75) is 60.8 Å². The van der Waals surface area contributed by atoms with Crippen molar-refractivity contribution in [2.75, 3.05) is 19.0 Å². The average molecular weight is 603 g/mol. The molecule has 2 amide bonds. The van der Waals surface area contributed by atoms with E-state index in [9.17, 15) is 36.3 Å². The van der Waals surface area contributed by atoms with Gasteiger partial charge in [-0.3, -0.25) is 9.59 Å². The molecule has 0 aliphatic heterocycles. The second kappa shape index (κ2) is 11.7. The Hall–Kier alpha value is -2.67. The van der Waals surface area contributed by atoms with E-state index in [-0.39, 0.29) is 52.4 Å². The fourth-order valence-electron chi connectivity index (χ4n) is 5.90. The summed E-state index contributed by atoms with van der Waals surface area (Å²) in [7, 11) is -2.57. The van der Waals surface area contributed by atoms with Gasteiger partial charge in [0.25, 0.3) is 5.91 Å². The van der Waals surface area contributed by atoms with E-state index in [0.29, 0.717) is 31.6 Å². The zero-order chi connectivity index (χ0) is 29.4. The second-order valence-electron chi connectivity index (χ2n) is 10.6. The number of carbonyl (C=O) groups excluding carboxylic acids is 2. The largest absolute Gasteiger partial charge is 0.389 e. The van der Waals surface area contributed by atoms with Crippen molar-refractivity contribution in [2.24, 2.45) is 11.8 Å². The number of rotatable bonds is 9. The van der Waals surface area contributed by atoms with Crippen molar-refractivity contribution < 1.29 is 41.0 Å². The first kappa shape index (κ1) is 30.3. The third-order valence-electron chi connectivity index (χ3n) is 7.82. The predicted octanol–water partition coefficient (Wildman–Crippen LogP) is 4.24. The number of halogens is 4. The quantitative estimate of drug-likeness (QED) is 0.369. The molecule has 2 aliphatic carbocycles. The van der Waals surface area contributed by atoms with Gasteiger partial charge >= 0.3 is 0 Å². The highest BCUT2D eigenvalue weighted by molar-refractivity contribution is 7.92. The first-order valence-electron chi connectivity index (χ1n) is 12.8. The maximum Gasteiger partial charge on any atom is 0.255 e. The van der Waals surface area contributed by atoms with Crippen LogP contribution in [0.1, 0.15) is 49.4 Å². The lowest BCUT2D eigenvalue weighted by molar-refractivity contribution is -0.133. The van der Waals surface area contributed by atoms with Crippen molar-refractivity contribution in [3.8, 4) is 0 Å². The Bertz CT molecular complexity index is 1390. The lowest BCUT2D eigenvalue weighted by atomic mass is 9.72. The van der Waals surface area contributed by atoms with Gasteiger partial charge in [-0.2, -0.15) is 0 Å². The third-order valence-corrected chi connectivity index (χ3v) is 10.5. The summed E-state index contributed by atoms with van der Waals surface area (Å²) in [6, 6.07) is 4.51. The van der Waals surface area contributed by atoms with E-state index in [1.54, 1.807) is 6.92 Å². The first-order valence-corrected chi connectivity index (χ1v) is 14.7. The van der Waals surface area contributed by atoms with E-state index in [1.165, 1.54) is 19.2 Å². The number of methoxy groups -OCH3 is 1. The standard InChI is InChI=1S/C27H30ClF3N2O6S/c1-14(13-39-2)32-24(34)12-27(36)16-4-5-17(27)9-19(8-16)40(37,38)23-7-15(3-6-20(23)28)26(35)33-18-10-21(29)25(31)22(30)11-18/h3,6-7,10-11,14,16-17,19,36H,4-5,8-9,12-13H2,1-2H3,(H,32,34)(H,33,35)/t14-,16?,17?,19?,27?/m0/s1. The molecule has 2 bridgehead atoms. The zero-order valence-electron chi connectivity index (χ0n) is 21.8. The molecule has 40 heavy (non-hydrogen) atoms. The van der Waals surface area contributed by atoms with Crippen LogP contribution in [0.5, 0.6) is 0 Å². The average Bonchev–Trinajstić information content (AvgIpc) is 3.03. The number of hydrogen-bond acceptors (Lipinski definition) is 6. The van der Waals surface area contributed by atoms with Crippen LogP contribution in [-0.4, -0.2) is 55.9 Å². The Morgan fingerprint density at radius 2 is 1.73 bits per heavy atom. The molecule has 218 valence electrons. The number of sulfone groups is 1. The summed E-state index contributed by atoms with van der Waals surface area (Å²) in [6.45, 7) is 2.09. The Balaban J connectivity index is 1.51. The molecule has 2 aliphatic rings. The molecule has 2 aromatic carbocycles. The maximum atomic E-state index is 13.7. The van der Waals surface area contributed by atoms with Gasteiger partial charge in [-0.25, -0.2) is 21.6 Å². The summed E-state index contributed by atoms with van der Waals surface area (Å²) in [5.41, 5.74) is -1.84. The smallest absolute Gasteiger partial charge is 0.255 e. The van der Waals surface area contributed by atoms with E-state index < -0.39 is 55.9 Å². The summed E-state index contributed by atoms with van der Waals surface area (Å²) in [6.07, 6.45) is 1.20. The van der Waals surface area contributed by atoms with E-state index in [4.69, 9.17) is 16.3 Å². The van der Waals surface area contributed by atoms with Crippen molar-refractivity contribution in [1.29, 1.82) is 0 Å². The minimum atomic E-state index is -4.08. The zero-order valence-corrected chi connectivity index (χ0v) is 23.4. The molecule has 2 fully saturated rings. The van der Waals surface area contributed by atoms with Gasteiger partial charge in [-0.1, -0.05) is 11.6 Å². The molecule has 3 atom stereocenters. The van der Waals surface area contributed by atoms with Crippen molar-refractivity contribution in [3.05, 3.63) is 58.4 Å². The lowest BCUT2D eigenvalue weighted by Crippen LogP contribution is -2.51. The van der Waals surface area contributed by atoms with Crippen LogP contribution in [-0.2, 0) is 19.4 Å². The molecule has 0 radical (unpaired) electrons. The molecular weight excluding hydrogens is 573 g/mol. The first-order chi connectivity index (χ1) is 18.8. The molecule has 2 unspecified atom stereocenters. The fraction of sp³-hybridized carbons (Fsp3) is 0.481. The molecule has 4 rings (SSSR count). The molecule has 0 aromatic heterocycles. The van der Waals surface area contributed by atoms with Crippen molar-refractivity contribution >= 4 is 38.9 Å². The number of amides is 2. The summed E-state index contributed by atoms with van der Waals surface area (Å²) in [4.78, 5) is 25.0. The van der Waals surface area contributed by atoms with Crippen LogP contribution in [0.2, 0.25) is 5.02 Å². The molecule has 8 nitrogen and oxygen atoms in total. The van der Waals surface area contributed by atoms with E-state index >= 15 is 0 Å². The van der Waals surface area contributed by atoms with Crippen LogP contribution >= 0.6 is 11.6 Å². The van der Waals surface area contributed by atoms with Crippen LogP contribution in [0.4, 0.5) is 18.9 Å². The number of benzene rings is 2. The van der Waals surface area contributed by atoms with Gasteiger partial charge in [-0.05, 0) is 62.6 Å². The topological polar surface area (TPSA) is 122 Å². The minimum absolute atomic E-state index is 0.108. The lowest BCUT2D eigenvalue weighted by Gasteiger charge is -2.42. The second-order valence-corrected chi connectivity index (χ2v) is 13.2. The fourth-order valence-corrected chi connectivity index (χ4v) is 8.30. The van der Waals surface area contributed by atoms with E-state index in [1.807, 2.05) is 0 Å². The number of carbonyl (C=O) groups is 2. The number of ether oxygens (including phenoxy) is 1. The molecule has 0 saturated heterocycles. The monoisotopic (exact) mass is 602 g/mol. The molecular formula is C27H30ClF3N2O6S. The van der Waals surface area contributed by atoms with Crippen molar-refractivity contribution in [3.63, 3.8) is 0 Å². The summed E-state index contributed by atoms with van der Waals surface area (Å²) < 4.78 is 72.8. The van der Waals surface area contributed by atoms with Gasteiger partial charge in [0.1, 0.15) is 0 Å². The number of aliphatic hydroxyl groups is 1. The Morgan fingerprint density at radius 3 is 2.30 bits per heavy atom. The summed E-state index contributed by atoms with van der Waals surface area (Å²) >= 11 is 6.25. The van der Waals surface area contributed by atoms with Gasteiger partial charge in [0.2, 0.25) is 5.91 Å². The maximum absolute atomic E-state index is 13.7. The van der Waals surface area contributed by atoms with Crippen LogP contribution in [0, 0.1) is 29.3 Å². The molecule has 2 saturated carbocycles. The highest BCUT2D eigenvalue weighted by Crippen LogP contribution is 2.53. The normalized spacial score (nSPS) is 24.9. The highest BCUT2D eigenvalue weighted by Gasteiger charge is 2.56. The van der Waals surface area contributed by atoms with Crippen LogP contribution < -0.4 is 10.6 Å². The van der Waals surface area contributed by atoms with E-state index in [2.05, 4.69) is 10.6 Å². The van der Waals surface area contributed by atoms with Crippen LogP contribution in [0.15, 0.2) is 35.2 Å². The van der Waals surface area contributed by atoms with Crippen molar-refractivity contribution in [1.82, 2.24) is 5.32 Å². The summed E-state index contributed by atoms with van der Waals surface area (Å²) in [5.74, 6) is -6.76. The van der Waals surface area contributed by atoms with Crippen LogP contribution in [0.3, 0.4) is 0 Å². The molecule has 0 heterocycles. The van der Waals surface area contributed by atoms with Gasteiger partial charge in [0.15, 0.2) is 27.3 Å². The van der Waals surface area contributed by atoms with Gasteiger partial charge in [0, 0.05) is 36.5 Å². The Kier molecular flexibility index (Phi) is 8.84. The van der Waals surface area contributed by atoms with E-state index in [0.717, 1.165) is 6.07 Å². The summed E-state index contributed by atoms with van der Waals surface area (Å²) in [5, 5.41) is 15.4. The SMILES string of the molecule is COC[C@H](C)NC(=O)CC1(O)C2CCC1CC(S(=O)(=O)c1cc(C(=O)Nc3cc(F)c(F)c(F)c3)ccc1Cl)C2. The highest BCUT2D eigenvalue weighted by atomic mass is 35.5. The van der Waals surface area contributed by atoms with Gasteiger partial charge < -0.3 is 20.5 Å². The molecule has 2 aromatic rings. The molecule has 0 spiro atoms. The van der Waals surface area contributed by atoms with Crippen LogP contribution in [0.25, 0.3) is 0 Å². The number of anilines is 1. The number of hydrogen-bond donors (Lipinski definition) is 3. The minimum Gasteiger partial charge on any atom is -0.389 e. The third kappa shape index (κ3) is 6.00. The molecule has 3 N–H and O–H groups in total. The number of nitrogens with one attached hydrogen (secondary N) is 2. The Labute approximate surface area is 235 Å². The number of fused-ring (bicyclic) bond motifs is 2. The van der Waals surface area contributed by atoms with Gasteiger partial charge in [0.05, 0.1) is 33.8 Å². The predicted molar refractivity (Wildman–Crippen MR) is 141 cm³/mol.